The molecule has 3 aromatic rings. The van der Waals surface area contributed by atoms with Crippen LogP contribution in [0.25, 0.3) is 11.0 Å². The van der Waals surface area contributed by atoms with Gasteiger partial charge in [0.1, 0.15) is 11.0 Å². The average molecular weight is 389 g/mol. The number of H-pyrrole nitrogens is 1. The molecule has 0 aliphatic carbocycles. The Balaban J connectivity index is 1.34. The smallest absolute Gasteiger partial charge is 0.336 e. The molecular weight excluding hydrogens is 371 g/mol. The lowest BCUT2D eigenvalue weighted by Gasteiger charge is -2.34. The number of piperazine rings is 1. The molecule has 0 unspecified atom stereocenters. The van der Waals surface area contributed by atoms with Gasteiger partial charge < -0.3 is 4.90 Å². The molecule has 0 radical (unpaired) electrons. The van der Waals surface area contributed by atoms with E-state index in [1.54, 1.807) is 23.1 Å². The number of halogens is 3. The van der Waals surface area contributed by atoms with E-state index in [4.69, 9.17) is 0 Å². The first-order chi connectivity index (χ1) is 13.4. The molecule has 9 heteroatoms. The molecule has 146 valence electrons. The van der Waals surface area contributed by atoms with Crippen molar-refractivity contribution in [3.8, 4) is 0 Å². The molecule has 0 bridgehead atoms. The van der Waals surface area contributed by atoms with Crippen molar-refractivity contribution in [2.75, 3.05) is 26.2 Å². The van der Waals surface area contributed by atoms with Gasteiger partial charge >= 0.3 is 6.18 Å². The zero-order valence-electron chi connectivity index (χ0n) is 14.9. The summed E-state index contributed by atoms with van der Waals surface area (Å²) in [5.74, 6) is -0.0564. The first-order valence-corrected chi connectivity index (χ1v) is 8.88. The Morgan fingerprint density at radius 2 is 1.64 bits per heavy atom. The number of carbonyl (C=O) groups excluding carboxylic acids is 1. The van der Waals surface area contributed by atoms with Crippen LogP contribution in [-0.2, 0) is 12.7 Å². The fourth-order valence-electron chi connectivity index (χ4n) is 3.32. The second-order valence-electron chi connectivity index (χ2n) is 6.79. The minimum Gasteiger partial charge on any atom is -0.336 e. The Hall–Kier alpha value is -2.94. The lowest BCUT2D eigenvalue weighted by atomic mass is 10.1. The Kier molecular flexibility index (Phi) is 4.76. The SMILES string of the molecule is O=C(c1ccc2n[nH]nc2c1)N1CCN(Cc2ccc(C(F)(F)F)cc2)CC1. The van der Waals surface area contributed by atoms with Gasteiger partial charge in [0.05, 0.1) is 5.56 Å². The van der Waals surface area contributed by atoms with Gasteiger partial charge in [-0.25, -0.2) is 0 Å². The third-order valence-corrected chi connectivity index (χ3v) is 4.91. The highest BCUT2D eigenvalue weighted by Gasteiger charge is 2.30. The molecule has 1 fully saturated rings. The number of benzene rings is 2. The minimum absolute atomic E-state index is 0.0564. The number of fused-ring (bicyclic) bond motifs is 1. The Morgan fingerprint density at radius 1 is 0.964 bits per heavy atom. The molecule has 2 heterocycles. The number of carbonyl (C=O) groups is 1. The summed E-state index contributed by atoms with van der Waals surface area (Å²) >= 11 is 0. The minimum atomic E-state index is -4.32. The molecule has 0 atom stereocenters. The average Bonchev–Trinajstić information content (AvgIpc) is 3.15. The van der Waals surface area contributed by atoms with Crippen LogP contribution in [0.5, 0.6) is 0 Å². The fraction of sp³-hybridized carbons (Fsp3) is 0.316. The Bertz CT molecular complexity index is 975. The quantitative estimate of drug-likeness (QED) is 0.748. The van der Waals surface area contributed by atoms with Crippen LogP contribution in [0, 0.1) is 0 Å². The highest BCUT2D eigenvalue weighted by atomic mass is 19.4. The molecule has 0 saturated carbocycles. The van der Waals surface area contributed by atoms with Gasteiger partial charge in [-0.15, -0.1) is 0 Å². The van der Waals surface area contributed by atoms with Crippen LogP contribution in [0.2, 0.25) is 0 Å². The van der Waals surface area contributed by atoms with Gasteiger partial charge in [0.2, 0.25) is 0 Å². The van der Waals surface area contributed by atoms with E-state index in [1.807, 2.05) is 0 Å². The van der Waals surface area contributed by atoms with Gasteiger partial charge in [-0.2, -0.15) is 28.6 Å². The summed E-state index contributed by atoms with van der Waals surface area (Å²) in [7, 11) is 0. The largest absolute Gasteiger partial charge is 0.416 e. The summed E-state index contributed by atoms with van der Waals surface area (Å²) in [4.78, 5) is 16.6. The summed E-state index contributed by atoms with van der Waals surface area (Å²) < 4.78 is 37.9. The first kappa shape index (κ1) is 18.4. The van der Waals surface area contributed by atoms with Crippen molar-refractivity contribution in [2.45, 2.75) is 12.7 Å². The molecule has 4 rings (SSSR count). The van der Waals surface area contributed by atoms with E-state index in [2.05, 4.69) is 20.3 Å². The first-order valence-electron chi connectivity index (χ1n) is 8.88. The van der Waals surface area contributed by atoms with Gasteiger partial charge in [0.15, 0.2) is 0 Å². The maximum absolute atomic E-state index is 12.7. The third-order valence-electron chi connectivity index (χ3n) is 4.91. The van der Waals surface area contributed by atoms with Crippen molar-refractivity contribution in [1.29, 1.82) is 0 Å². The zero-order chi connectivity index (χ0) is 19.7. The molecule has 28 heavy (non-hydrogen) atoms. The predicted molar refractivity (Wildman–Crippen MR) is 96.5 cm³/mol. The lowest BCUT2D eigenvalue weighted by molar-refractivity contribution is -0.137. The van der Waals surface area contributed by atoms with Crippen LogP contribution < -0.4 is 0 Å². The number of aromatic amines is 1. The van der Waals surface area contributed by atoms with Crippen molar-refractivity contribution >= 4 is 16.9 Å². The number of hydrogen-bond donors (Lipinski definition) is 1. The molecule has 0 spiro atoms. The van der Waals surface area contributed by atoms with Crippen molar-refractivity contribution in [1.82, 2.24) is 25.2 Å². The lowest BCUT2D eigenvalue weighted by Crippen LogP contribution is -2.48. The van der Waals surface area contributed by atoms with Crippen LogP contribution in [0.4, 0.5) is 13.2 Å². The van der Waals surface area contributed by atoms with Crippen LogP contribution in [0.1, 0.15) is 21.5 Å². The molecule has 2 aromatic carbocycles. The Morgan fingerprint density at radius 3 is 2.32 bits per heavy atom. The Labute approximate surface area is 158 Å². The standard InChI is InChI=1S/C19H18F3N5O/c20-19(21,22)15-4-1-13(2-5-15)12-26-7-9-27(10-8-26)18(28)14-3-6-16-17(11-14)24-25-23-16/h1-6,11H,7-10,12H2,(H,23,24,25). The van der Waals surface area contributed by atoms with E-state index in [0.29, 0.717) is 49.3 Å². The van der Waals surface area contributed by atoms with Crippen molar-refractivity contribution in [2.24, 2.45) is 0 Å². The fourth-order valence-corrected chi connectivity index (χ4v) is 3.32. The van der Waals surface area contributed by atoms with Gasteiger partial charge in [-0.1, -0.05) is 12.1 Å². The van der Waals surface area contributed by atoms with E-state index >= 15 is 0 Å². The normalized spacial score (nSPS) is 15.9. The number of nitrogens with zero attached hydrogens (tertiary/aromatic N) is 4. The van der Waals surface area contributed by atoms with Crippen molar-refractivity contribution in [3.05, 3.63) is 59.2 Å². The summed E-state index contributed by atoms with van der Waals surface area (Å²) in [6.45, 7) is 3.02. The molecule has 1 N–H and O–H groups in total. The third kappa shape index (κ3) is 3.84. The van der Waals surface area contributed by atoms with Crippen LogP contribution >= 0.6 is 0 Å². The zero-order valence-corrected chi connectivity index (χ0v) is 14.9. The highest BCUT2D eigenvalue weighted by molar-refractivity contribution is 5.97. The molecule has 1 aliphatic rings. The number of rotatable bonds is 3. The van der Waals surface area contributed by atoms with Crippen molar-refractivity contribution in [3.63, 3.8) is 0 Å². The number of alkyl halides is 3. The van der Waals surface area contributed by atoms with Gasteiger partial charge in [-0.3, -0.25) is 9.69 Å². The maximum atomic E-state index is 12.7. The van der Waals surface area contributed by atoms with Crippen LogP contribution in [0.3, 0.4) is 0 Å². The van der Waals surface area contributed by atoms with E-state index in [9.17, 15) is 18.0 Å². The highest BCUT2D eigenvalue weighted by Crippen LogP contribution is 2.29. The number of aromatic nitrogens is 3. The van der Waals surface area contributed by atoms with Gasteiger partial charge in [0, 0.05) is 38.3 Å². The van der Waals surface area contributed by atoms with Crippen LogP contribution in [0.15, 0.2) is 42.5 Å². The second kappa shape index (κ2) is 7.23. The molecule has 1 aromatic heterocycles. The summed E-state index contributed by atoms with van der Waals surface area (Å²) in [5.41, 5.74) is 2.10. The summed E-state index contributed by atoms with van der Waals surface area (Å²) in [6.07, 6.45) is -4.32. The van der Waals surface area contributed by atoms with E-state index in [0.717, 1.165) is 17.7 Å². The second-order valence-corrected chi connectivity index (χ2v) is 6.79. The molecule has 6 nitrogen and oxygen atoms in total. The number of hydrogen-bond acceptors (Lipinski definition) is 4. The van der Waals surface area contributed by atoms with Crippen LogP contribution in [-0.4, -0.2) is 57.3 Å². The van der Waals surface area contributed by atoms with E-state index in [-0.39, 0.29) is 5.91 Å². The van der Waals surface area contributed by atoms with Gasteiger partial charge in [-0.05, 0) is 35.9 Å². The van der Waals surface area contributed by atoms with E-state index < -0.39 is 11.7 Å². The number of nitrogens with one attached hydrogen (secondary N) is 1. The topological polar surface area (TPSA) is 65.1 Å². The summed E-state index contributed by atoms with van der Waals surface area (Å²) in [6, 6.07) is 10.4. The predicted octanol–water partition coefficient (Wildman–Crippen LogP) is 2.93. The summed E-state index contributed by atoms with van der Waals surface area (Å²) in [5, 5.41) is 10.5. The molecular formula is C19H18F3N5O. The monoisotopic (exact) mass is 389 g/mol. The molecule has 1 saturated heterocycles. The molecule has 1 aliphatic heterocycles. The van der Waals surface area contributed by atoms with Crippen molar-refractivity contribution < 1.29 is 18.0 Å². The van der Waals surface area contributed by atoms with Gasteiger partial charge in [0.25, 0.3) is 5.91 Å². The number of amides is 1. The molecule has 1 amide bonds. The maximum Gasteiger partial charge on any atom is 0.416 e. The van der Waals surface area contributed by atoms with E-state index in [1.165, 1.54) is 12.1 Å².